The normalized spacial score (nSPS) is 15.4. The summed E-state index contributed by atoms with van der Waals surface area (Å²) in [6.45, 7) is 3.71. The predicted molar refractivity (Wildman–Crippen MR) is 66.4 cm³/mol. The fraction of sp³-hybridized carbons (Fsp3) is 0.545. The highest BCUT2D eigenvalue weighted by Gasteiger charge is 2.28. The lowest BCUT2D eigenvalue weighted by Crippen LogP contribution is -2.10. The van der Waals surface area contributed by atoms with Crippen LogP contribution in [0.4, 0.5) is 0 Å². The summed E-state index contributed by atoms with van der Waals surface area (Å²) in [7, 11) is 0. The molecule has 0 atom stereocenters. The first kappa shape index (κ1) is 10.7. The van der Waals surface area contributed by atoms with Crippen molar-refractivity contribution >= 4 is 12.2 Å². The van der Waals surface area contributed by atoms with Crippen molar-refractivity contribution in [3.05, 3.63) is 28.6 Å². The summed E-state index contributed by atoms with van der Waals surface area (Å²) in [5, 5.41) is 11.5. The fourth-order valence-electron chi connectivity index (χ4n) is 1.99. The molecule has 1 fully saturated rings. The topological polar surface area (TPSA) is 51.4 Å². The van der Waals surface area contributed by atoms with Crippen LogP contribution in [0.25, 0.3) is 0 Å². The highest BCUT2D eigenvalue weighted by atomic mass is 32.1. The van der Waals surface area contributed by atoms with Crippen molar-refractivity contribution < 1.29 is 0 Å². The first-order chi connectivity index (χ1) is 8.24. The van der Waals surface area contributed by atoms with E-state index in [0.717, 1.165) is 23.7 Å². The molecule has 90 valence electrons. The molecular weight excluding hydrogens is 234 g/mol. The summed E-state index contributed by atoms with van der Waals surface area (Å²) in [4.78, 5) is 0. The average molecular weight is 249 g/mol. The molecule has 0 unspecified atom stereocenters. The minimum atomic E-state index is 0.613. The number of aromatic amines is 1. The third-order valence-corrected chi connectivity index (χ3v) is 3.36. The van der Waals surface area contributed by atoms with Gasteiger partial charge in [-0.25, -0.2) is 0 Å². The van der Waals surface area contributed by atoms with Crippen molar-refractivity contribution in [3.8, 4) is 0 Å². The van der Waals surface area contributed by atoms with Crippen LogP contribution in [0.15, 0.2) is 12.4 Å². The van der Waals surface area contributed by atoms with Crippen molar-refractivity contribution in [2.45, 2.75) is 38.8 Å². The minimum absolute atomic E-state index is 0.613. The number of aromatic nitrogens is 5. The van der Waals surface area contributed by atoms with Crippen LogP contribution in [-0.4, -0.2) is 24.5 Å². The van der Waals surface area contributed by atoms with Crippen LogP contribution >= 0.6 is 12.2 Å². The van der Waals surface area contributed by atoms with E-state index in [2.05, 4.69) is 19.9 Å². The molecule has 1 aliphatic rings. The van der Waals surface area contributed by atoms with E-state index in [0.29, 0.717) is 5.92 Å². The van der Waals surface area contributed by atoms with Gasteiger partial charge in [0.15, 0.2) is 4.77 Å². The molecule has 3 rings (SSSR count). The zero-order valence-electron chi connectivity index (χ0n) is 9.76. The number of nitrogens with one attached hydrogen (secondary N) is 1. The Morgan fingerprint density at radius 1 is 1.47 bits per heavy atom. The van der Waals surface area contributed by atoms with Gasteiger partial charge in [0.2, 0.25) is 0 Å². The molecule has 1 N–H and O–H groups in total. The Balaban J connectivity index is 1.76. The van der Waals surface area contributed by atoms with Crippen molar-refractivity contribution in [2.75, 3.05) is 0 Å². The highest BCUT2D eigenvalue weighted by molar-refractivity contribution is 7.71. The summed E-state index contributed by atoms with van der Waals surface area (Å²) in [5.41, 5.74) is 1.18. The summed E-state index contributed by atoms with van der Waals surface area (Å²) in [6, 6.07) is 0. The third kappa shape index (κ3) is 2.17. The van der Waals surface area contributed by atoms with Gasteiger partial charge < -0.3 is 4.57 Å². The third-order valence-electron chi connectivity index (χ3n) is 3.05. The van der Waals surface area contributed by atoms with Crippen LogP contribution < -0.4 is 0 Å². The number of rotatable bonds is 4. The fourth-order valence-corrected chi connectivity index (χ4v) is 2.22. The van der Waals surface area contributed by atoms with E-state index in [1.165, 1.54) is 18.4 Å². The van der Waals surface area contributed by atoms with E-state index in [1.54, 1.807) is 0 Å². The van der Waals surface area contributed by atoms with E-state index in [9.17, 15) is 0 Å². The maximum Gasteiger partial charge on any atom is 0.195 e. The summed E-state index contributed by atoms with van der Waals surface area (Å²) >= 11 is 5.26. The van der Waals surface area contributed by atoms with Crippen LogP contribution in [0.2, 0.25) is 0 Å². The lowest BCUT2D eigenvalue weighted by atomic mass is 10.4. The maximum absolute atomic E-state index is 5.26. The lowest BCUT2D eigenvalue weighted by molar-refractivity contribution is 0.516. The van der Waals surface area contributed by atoms with Gasteiger partial charge in [-0.05, 0) is 37.5 Å². The Bertz CT molecular complexity index is 575. The van der Waals surface area contributed by atoms with Crippen LogP contribution in [-0.2, 0) is 13.1 Å². The average Bonchev–Trinajstić information content (AvgIpc) is 2.97. The molecule has 1 aliphatic carbocycles. The van der Waals surface area contributed by atoms with E-state index in [1.807, 2.05) is 24.0 Å². The number of hydrogen-bond donors (Lipinski definition) is 1. The quantitative estimate of drug-likeness (QED) is 0.843. The van der Waals surface area contributed by atoms with Gasteiger partial charge >= 0.3 is 0 Å². The molecule has 0 bridgehead atoms. The Labute approximate surface area is 104 Å². The monoisotopic (exact) mass is 249 g/mol. The molecule has 0 amide bonds. The molecule has 2 aromatic heterocycles. The first-order valence-electron chi connectivity index (χ1n) is 5.88. The highest BCUT2D eigenvalue weighted by Crippen LogP contribution is 2.38. The van der Waals surface area contributed by atoms with E-state index in [4.69, 9.17) is 12.2 Å². The molecule has 0 aromatic carbocycles. The van der Waals surface area contributed by atoms with Crippen LogP contribution in [0, 0.1) is 11.7 Å². The molecule has 2 aromatic rings. The summed E-state index contributed by atoms with van der Waals surface area (Å²) < 4.78 is 4.76. The predicted octanol–water partition coefficient (Wildman–Crippen LogP) is 2.02. The second kappa shape index (κ2) is 4.10. The second-order valence-electron chi connectivity index (χ2n) is 4.59. The molecule has 5 nitrogen and oxygen atoms in total. The van der Waals surface area contributed by atoms with Gasteiger partial charge in [0.25, 0.3) is 0 Å². The van der Waals surface area contributed by atoms with Crippen molar-refractivity contribution in [2.24, 2.45) is 0 Å². The summed E-state index contributed by atoms with van der Waals surface area (Å²) in [6.07, 6.45) is 6.39. The standard InChI is InChI=1S/C11H15N5S/c1-8-6-12-15(7-8)4-5-16-10(9-2-3-9)13-14-11(16)17/h6-7,9H,2-5H2,1H3,(H,14,17). The Kier molecular flexibility index (Phi) is 2.58. The zero-order valence-corrected chi connectivity index (χ0v) is 10.6. The second-order valence-corrected chi connectivity index (χ2v) is 4.98. The molecule has 17 heavy (non-hydrogen) atoms. The van der Waals surface area contributed by atoms with Crippen LogP contribution in [0.3, 0.4) is 0 Å². The van der Waals surface area contributed by atoms with Gasteiger partial charge in [0, 0.05) is 18.7 Å². The van der Waals surface area contributed by atoms with Gasteiger partial charge in [-0.3, -0.25) is 9.78 Å². The SMILES string of the molecule is Cc1cnn(CCn2c(C3CC3)n[nH]c2=S)c1. The molecule has 0 aliphatic heterocycles. The number of aryl methyl sites for hydroxylation is 2. The van der Waals surface area contributed by atoms with Gasteiger partial charge in [0.1, 0.15) is 5.82 Å². The van der Waals surface area contributed by atoms with Gasteiger partial charge in [-0.1, -0.05) is 0 Å². The molecule has 0 spiro atoms. The van der Waals surface area contributed by atoms with E-state index < -0.39 is 0 Å². The smallest absolute Gasteiger partial charge is 0.195 e. The van der Waals surface area contributed by atoms with Gasteiger partial charge in [-0.15, -0.1) is 0 Å². The molecular formula is C11H15N5S. The Hall–Kier alpha value is -1.43. The zero-order chi connectivity index (χ0) is 11.8. The van der Waals surface area contributed by atoms with Gasteiger partial charge in [0.05, 0.1) is 12.7 Å². The van der Waals surface area contributed by atoms with E-state index in [-0.39, 0.29) is 0 Å². The van der Waals surface area contributed by atoms with Gasteiger partial charge in [-0.2, -0.15) is 10.2 Å². The Morgan fingerprint density at radius 2 is 2.29 bits per heavy atom. The molecule has 2 heterocycles. The van der Waals surface area contributed by atoms with Crippen molar-refractivity contribution in [1.82, 2.24) is 24.5 Å². The molecule has 0 saturated heterocycles. The molecule has 6 heteroatoms. The van der Waals surface area contributed by atoms with Crippen molar-refractivity contribution in [1.29, 1.82) is 0 Å². The van der Waals surface area contributed by atoms with Crippen LogP contribution in [0.1, 0.15) is 30.1 Å². The van der Waals surface area contributed by atoms with Crippen molar-refractivity contribution in [3.63, 3.8) is 0 Å². The minimum Gasteiger partial charge on any atom is -0.302 e. The maximum atomic E-state index is 5.26. The largest absolute Gasteiger partial charge is 0.302 e. The summed E-state index contributed by atoms with van der Waals surface area (Å²) in [5.74, 6) is 1.72. The molecule has 0 radical (unpaired) electrons. The first-order valence-corrected chi connectivity index (χ1v) is 6.29. The number of nitrogens with zero attached hydrogens (tertiary/aromatic N) is 4. The molecule has 1 saturated carbocycles. The van der Waals surface area contributed by atoms with Crippen LogP contribution in [0.5, 0.6) is 0 Å². The Morgan fingerprint density at radius 3 is 2.94 bits per heavy atom. The number of H-pyrrole nitrogens is 1. The van der Waals surface area contributed by atoms with E-state index >= 15 is 0 Å². The lowest BCUT2D eigenvalue weighted by Gasteiger charge is -2.05. The number of hydrogen-bond acceptors (Lipinski definition) is 3.